The highest BCUT2D eigenvalue weighted by Crippen LogP contribution is 2.17. The zero-order valence-corrected chi connectivity index (χ0v) is 11.9. The third-order valence-electron chi connectivity index (χ3n) is 3.68. The number of benzene rings is 1. The van der Waals surface area contributed by atoms with Crippen LogP contribution in [-0.4, -0.2) is 55.0 Å². The zero-order chi connectivity index (χ0) is 14.7. The molecule has 5 nitrogen and oxygen atoms in total. The third-order valence-corrected chi connectivity index (χ3v) is 3.68. The number of likely N-dealkylation sites (N-methyl/N-ethyl adjacent to an activating group) is 1. The van der Waals surface area contributed by atoms with Crippen LogP contribution in [0.5, 0.6) is 0 Å². The zero-order valence-electron chi connectivity index (χ0n) is 11.9. The van der Waals surface area contributed by atoms with Crippen molar-refractivity contribution in [1.29, 1.82) is 0 Å². The summed E-state index contributed by atoms with van der Waals surface area (Å²) in [6.45, 7) is 5.01. The number of hydrogen-bond donors (Lipinski definition) is 2. The minimum atomic E-state index is -0.473. The third kappa shape index (κ3) is 3.68. The summed E-state index contributed by atoms with van der Waals surface area (Å²) < 4.78 is 13.5. The van der Waals surface area contributed by atoms with Crippen molar-refractivity contribution >= 4 is 17.3 Å². The number of nitrogens with zero attached hydrogens (tertiary/aromatic N) is 2. The molecule has 1 aromatic rings. The van der Waals surface area contributed by atoms with Crippen LogP contribution < -0.4 is 11.1 Å². The van der Waals surface area contributed by atoms with Crippen molar-refractivity contribution in [3.63, 3.8) is 0 Å². The van der Waals surface area contributed by atoms with Gasteiger partial charge in [0.1, 0.15) is 5.82 Å². The summed E-state index contributed by atoms with van der Waals surface area (Å²) >= 11 is 0. The second kappa shape index (κ2) is 6.19. The van der Waals surface area contributed by atoms with E-state index in [9.17, 15) is 9.18 Å². The Hall–Kier alpha value is -1.66. The Morgan fingerprint density at radius 1 is 1.50 bits per heavy atom. The number of nitrogen functional groups attached to an aromatic ring is 1. The molecule has 0 aromatic heterocycles. The lowest BCUT2D eigenvalue weighted by Gasteiger charge is -2.37. The van der Waals surface area contributed by atoms with Crippen LogP contribution in [0.4, 0.5) is 15.8 Å². The lowest BCUT2D eigenvalue weighted by atomic mass is 10.2. The van der Waals surface area contributed by atoms with Crippen LogP contribution in [0.15, 0.2) is 18.2 Å². The fraction of sp³-hybridized carbons (Fsp3) is 0.500. The van der Waals surface area contributed by atoms with Gasteiger partial charge in [-0.1, -0.05) is 0 Å². The largest absolute Gasteiger partial charge is 0.399 e. The molecule has 1 aromatic carbocycles. The molecule has 0 aliphatic carbocycles. The maximum Gasteiger partial charge on any atom is 0.238 e. The molecule has 6 heteroatoms. The average Bonchev–Trinajstić information content (AvgIpc) is 2.38. The SMILES string of the molecule is CC1CN(CC(=O)Nc2cc(N)ccc2F)CCN1C. The molecule has 1 aliphatic heterocycles. The molecule has 0 saturated carbocycles. The molecule has 20 heavy (non-hydrogen) atoms. The van der Waals surface area contributed by atoms with Crippen LogP contribution in [-0.2, 0) is 4.79 Å². The first-order valence-electron chi connectivity index (χ1n) is 6.73. The average molecular weight is 280 g/mol. The van der Waals surface area contributed by atoms with Gasteiger partial charge in [0.2, 0.25) is 5.91 Å². The molecule has 110 valence electrons. The molecule has 1 fully saturated rings. The van der Waals surface area contributed by atoms with Gasteiger partial charge in [-0.3, -0.25) is 9.69 Å². The second-order valence-electron chi connectivity index (χ2n) is 5.35. The lowest BCUT2D eigenvalue weighted by Crippen LogP contribution is -2.51. The van der Waals surface area contributed by atoms with Gasteiger partial charge >= 0.3 is 0 Å². The molecule has 2 rings (SSSR count). The van der Waals surface area contributed by atoms with Gasteiger partial charge in [0.15, 0.2) is 0 Å². The summed E-state index contributed by atoms with van der Waals surface area (Å²) in [6, 6.07) is 4.57. The molecule has 1 saturated heterocycles. The quantitative estimate of drug-likeness (QED) is 0.810. The lowest BCUT2D eigenvalue weighted by molar-refractivity contribution is -0.117. The molecule has 1 unspecified atom stereocenters. The van der Waals surface area contributed by atoms with Crippen LogP contribution in [0.3, 0.4) is 0 Å². The van der Waals surface area contributed by atoms with Crippen molar-refractivity contribution in [2.24, 2.45) is 0 Å². The predicted octanol–water partition coefficient (Wildman–Crippen LogP) is 0.982. The Balaban J connectivity index is 1.91. The van der Waals surface area contributed by atoms with E-state index in [0.717, 1.165) is 19.6 Å². The first-order chi connectivity index (χ1) is 9.45. The summed E-state index contributed by atoms with van der Waals surface area (Å²) in [5.74, 6) is -0.689. The Morgan fingerprint density at radius 3 is 2.95 bits per heavy atom. The monoisotopic (exact) mass is 280 g/mol. The molecule has 0 radical (unpaired) electrons. The highest BCUT2D eigenvalue weighted by Gasteiger charge is 2.22. The van der Waals surface area contributed by atoms with E-state index < -0.39 is 5.82 Å². The molecule has 3 N–H and O–H groups in total. The van der Waals surface area contributed by atoms with Gasteiger partial charge in [-0.05, 0) is 32.2 Å². The number of rotatable bonds is 3. The second-order valence-corrected chi connectivity index (χ2v) is 5.35. The van der Waals surface area contributed by atoms with Crippen molar-refractivity contribution in [3.8, 4) is 0 Å². The molecule has 1 aliphatic rings. The van der Waals surface area contributed by atoms with Crippen LogP contribution in [0.25, 0.3) is 0 Å². The number of piperazine rings is 1. The highest BCUT2D eigenvalue weighted by molar-refractivity contribution is 5.92. The molecule has 0 spiro atoms. The standard InChI is InChI=1S/C14H21FN4O/c1-10-8-19(6-5-18(10)2)9-14(20)17-13-7-11(16)3-4-12(13)15/h3-4,7,10H,5-6,8-9,16H2,1-2H3,(H,17,20). The van der Waals surface area contributed by atoms with Crippen molar-refractivity contribution < 1.29 is 9.18 Å². The molecular weight excluding hydrogens is 259 g/mol. The first-order valence-corrected chi connectivity index (χ1v) is 6.73. The minimum absolute atomic E-state index is 0.136. The summed E-state index contributed by atoms with van der Waals surface area (Å²) in [5, 5.41) is 2.58. The van der Waals surface area contributed by atoms with Gasteiger partial charge in [0.05, 0.1) is 12.2 Å². The fourth-order valence-corrected chi connectivity index (χ4v) is 2.30. The summed E-state index contributed by atoms with van der Waals surface area (Å²) in [4.78, 5) is 16.3. The van der Waals surface area contributed by atoms with Crippen molar-refractivity contribution in [1.82, 2.24) is 9.80 Å². The Morgan fingerprint density at radius 2 is 2.25 bits per heavy atom. The first kappa shape index (κ1) is 14.7. The van der Waals surface area contributed by atoms with E-state index in [1.54, 1.807) is 0 Å². The number of carbonyl (C=O) groups excluding carboxylic acids is 1. The van der Waals surface area contributed by atoms with Crippen LogP contribution >= 0.6 is 0 Å². The van der Waals surface area contributed by atoms with Crippen molar-refractivity contribution in [2.45, 2.75) is 13.0 Å². The maximum atomic E-state index is 13.5. The van der Waals surface area contributed by atoms with Gasteiger partial charge in [-0.2, -0.15) is 0 Å². The topological polar surface area (TPSA) is 61.6 Å². The van der Waals surface area contributed by atoms with Crippen molar-refractivity contribution in [3.05, 3.63) is 24.0 Å². The molecular formula is C14H21FN4O. The fourth-order valence-electron chi connectivity index (χ4n) is 2.30. The van der Waals surface area contributed by atoms with E-state index in [1.807, 2.05) is 0 Å². The number of anilines is 2. The number of nitrogens with one attached hydrogen (secondary N) is 1. The number of nitrogens with two attached hydrogens (primary N) is 1. The van der Waals surface area contributed by atoms with E-state index in [2.05, 4.69) is 29.1 Å². The van der Waals surface area contributed by atoms with E-state index in [-0.39, 0.29) is 18.1 Å². The van der Waals surface area contributed by atoms with E-state index in [4.69, 9.17) is 5.73 Å². The molecule has 1 atom stereocenters. The van der Waals surface area contributed by atoms with Gasteiger partial charge in [-0.15, -0.1) is 0 Å². The number of amides is 1. The predicted molar refractivity (Wildman–Crippen MR) is 78.0 cm³/mol. The minimum Gasteiger partial charge on any atom is -0.399 e. The van der Waals surface area contributed by atoms with Gasteiger partial charge in [-0.25, -0.2) is 4.39 Å². The highest BCUT2D eigenvalue weighted by atomic mass is 19.1. The maximum absolute atomic E-state index is 13.5. The molecule has 0 bridgehead atoms. The van der Waals surface area contributed by atoms with Gasteiger partial charge in [0, 0.05) is 31.4 Å². The van der Waals surface area contributed by atoms with E-state index >= 15 is 0 Å². The van der Waals surface area contributed by atoms with E-state index in [0.29, 0.717) is 11.7 Å². The van der Waals surface area contributed by atoms with Crippen molar-refractivity contribution in [2.75, 3.05) is 44.3 Å². The van der Waals surface area contributed by atoms with Crippen LogP contribution in [0, 0.1) is 5.82 Å². The summed E-state index contributed by atoms with van der Waals surface area (Å²) in [6.07, 6.45) is 0. The normalized spacial score (nSPS) is 20.9. The summed E-state index contributed by atoms with van der Waals surface area (Å²) in [7, 11) is 2.07. The smallest absolute Gasteiger partial charge is 0.238 e. The molecule has 1 amide bonds. The number of halogens is 1. The molecule has 1 heterocycles. The Kier molecular flexibility index (Phi) is 4.57. The van der Waals surface area contributed by atoms with Gasteiger partial charge in [0.25, 0.3) is 0 Å². The Bertz CT molecular complexity index is 494. The Labute approximate surface area is 118 Å². The van der Waals surface area contributed by atoms with Crippen LogP contribution in [0.1, 0.15) is 6.92 Å². The number of hydrogen-bond acceptors (Lipinski definition) is 4. The number of carbonyl (C=O) groups is 1. The summed E-state index contributed by atoms with van der Waals surface area (Å²) in [5.41, 5.74) is 6.15. The van der Waals surface area contributed by atoms with Gasteiger partial charge < -0.3 is 16.0 Å². The van der Waals surface area contributed by atoms with Crippen LogP contribution in [0.2, 0.25) is 0 Å². The van der Waals surface area contributed by atoms with E-state index in [1.165, 1.54) is 18.2 Å².